The molecule has 1 saturated heterocycles. The van der Waals surface area contributed by atoms with Crippen LogP contribution in [0.4, 0.5) is 4.39 Å². The maximum atomic E-state index is 14.0. The Morgan fingerprint density at radius 2 is 1.88 bits per heavy atom. The van der Waals surface area contributed by atoms with Gasteiger partial charge in [0, 0.05) is 6.54 Å². The lowest BCUT2D eigenvalue weighted by Crippen LogP contribution is -2.41. The predicted octanol–water partition coefficient (Wildman–Crippen LogP) is 2.59. The van der Waals surface area contributed by atoms with E-state index in [9.17, 15) is 9.18 Å². The second kappa shape index (κ2) is 6.66. The van der Waals surface area contributed by atoms with Crippen molar-refractivity contribution in [1.29, 1.82) is 0 Å². The van der Waals surface area contributed by atoms with Crippen LogP contribution in [-0.2, 0) is 14.0 Å². The second-order valence-corrected chi connectivity index (χ2v) is 6.74. The first-order chi connectivity index (χ1) is 11.1. The lowest BCUT2D eigenvalue weighted by atomic mass is 9.77. The third kappa shape index (κ3) is 3.53. The Hall–Kier alpha value is -1.70. The summed E-state index contributed by atoms with van der Waals surface area (Å²) in [5.74, 6) is -1.37. The molecule has 0 aliphatic carbocycles. The average Bonchev–Trinajstić information content (AvgIpc) is 2.72. The Labute approximate surface area is 142 Å². The summed E-state index contributed by atoms with van der Waals surface area (Å²) in [6.45, 7) is 8.01. The summed E-state index contributed by atoms with van der Waals surface area (Å²) in [5.41, 5.74) is 6.01. The van der Waals surface area contributed by atoms with Gasteiger partial charge < -0.3 is 19.8 Å². The minimum atomic E-state index is -0.715. The van der Waals surface area contributed by atoms with Gasteiger partial charge in [-0.05, 0) is 50.9 Å². The number of carbonyl (C=O) groups excluding carboxylic acids is 1. The van der Waals surface area contributed by atoms with Crippen molar-refractivity contribution in [2.75, 3.05) is 13.7 Å². The Morgan fingerprint density at radius 1 is 1.29 bits per heavy atom. The molecule has 130 valence electrons. The van der Waals surface area contributed by atoms with Crippen molar-refractivity contribution in [3.05, 3.63) is 40.6 Å². The number of ether oxygens (including phenoxy) is 1. The Kier molecular flexibility index (Phi) is 5.18. The van der Waals surface area contributed by atoms with E-state index in [2.05, 4.69) is 4.74 Å². The van der Waals surface area contributed by atoms with E-state index in [1.165, 1.54) is 19.2 Å². The van der Waals surface area contributed by atoms with Crippen molar-refractivity contribution in [3.8, 4) is 0 Å². The van der Waals surface area contributed by atoms with Crippen LogP contribution in [0.25, 0.3) is 6.08 Å². The molecule has 0 aromatic heterocycles. The number of hydrogen-bond acceptors (Lipinski definition) is 5. The van der Waals surface area contributed by atoms with Crippen molar-refractivity contribution in [2.45, 2.75) is 38.9 Å². The molecule has 0 atom stereocenters. The van der Waals surface area contributed by atoms with E-state index in [1.807, 2.05) is 27.7 Å². The van der Waals surface area contributed by atoms with Crippen LogP contribution in [0.5, 0.6) is 0 Å². The molecule has 1 heterocycles. The van der Waals surface area contributed by atoms with Crippen molar-refractivity contribution < 1.29 is 23.2 Å². The molecule has 0 amide bonds. The van der Waals surface area contributed by atoms with Crippen LogP contribution in [0, 0.1) is 5.82 Å². The number of nitrogens with two attached hydrogens (primary N) is 1. The van der Waals surface area contributed by atoms with E-state index in [4.69, 9.17) is 15.0 Å². The van der Waals surface area contributed by atoms with Crippen molar-refractivity contribution in [3.63, 3.8) is 0 Å². The standard InChI is InChI=1S/C17H23BFNO4/c1-16(2)17(3,4)24-18(23-16)12(10-20)8-11-6-7-13(14(19)9-11)15(21)22-5/h6-9H,10,20H2,1-5H3. The van der Waals surface area contributed by atoms with Crippen molar-refractivity contribution >= 4 is 19.2 Å². The van der Waals surface area contributed by atoms with Crippen molar-refractivity contribution in [1.82, 2.24) is 0 Å². The van der Waals surface area contributed by atoms with Gasteiger partial charge in [-0.3, -0.25) is 0 Å². The highest BCUT2D eigenvalue weighted by molar-refractivity contribution is 6.55. The Balaban J connectivity index is 2.29. The maximum Gasteiger partial charge on any atom is 0.491 e. The molecule has 0 spiro atoms. The summed E-state index contributed by atoms with van der Waals surface area (Å²) in [6, 6.07) is 4.26. The molecule has 1 aromatic carbocycles. The Morgan fingerprint density at radius 3 is 2.33 bits per heavy atom. The molecule has 1 fully saturated rings. The molecule has 0 unspecified atom stereocenters. The highest BCUT2D eigenvalue weighted by Gasteiger charge is 2.52. The molecule has 1 aliphatic rings. The molecule has 1 aromatic rings. The molecule has 2 N–H and O–H groups in total. The number of halogens is 1. The third-order valence-electron chi connectivity index (χ3n) is 4.54. The normalized spacial score (nSPS) is 19.5. The summed E-state index contributed by atoms with van der Waals surface area (Å²) in [5, 5.41) is 0. The molecular weight excluding hydrogens is 312 g/mol. The zero-order valence-corrected chi connectivity index (χ0v) is 14.7. The number of benzene rings is 1. The lowest BCUT2D eigenvalue weighted by Gasteiger charge is -2.32. The summed E-state index contributed by atoms with van der Waals surface area (Å²) >= 11 is 0. The number of esters is 1. The minimum absolute atomic E-state index is 0.111. The van der Waals surface area contributed by atoms with Gasteiger partial charge in [0.1, 0.15) is 5.82 Å². The van der Waals surface area contributed by atoms with E-state index >= 15 is 0 Å². The first-order valence-electron chi connectivity index (χ1n) is 7.75. The van der Waals surface area contributed by atoms with Crippen LogP contribution in [0.3, 0.4) is 0 Å². The summed E-state index contributed by atoms with van der Waals surface area (Å²) in [7, 11) is 0.615. The zero-order chi connectivity index (χ0) is 18.1. The van der Waals surface area contributed by atoms with Crippen LogP contribution in [0.2, 0.25) is 0 Å². The predicted molar refractivity (Wildman–Crippen MR) is 90.9 cm³/mol. The summed E-state index contributed by atoms with van der Waals surface area (Å²) in [6.07, 6.45) is 1.71. The number of hydrogen-bond donors (Lipinski definition) is 1. The lowest BCUT2D eigenvalue weighted by molar-refractivity contribution is 0.00578. The fourth-order valence-corrected chi connectivity index (χ4v) is 2.33. The number of rotatable bonds is 4. The molecule has 0 radical (unpaired) electrons. The highest BCUT2D eigenvalue weighted by Crippen LogP contribution is 2.38. The third-order valence-corrected chi connectivity index (χ3v) is 4.54. The maximum absolute atomic E-state index is 14.0. The van der Waals surface area contributed by atoms with Crippen LogP contribution in [0.1, 0.15) is 43.6 Å². The SMILES string of the molecule is COC(=O)c1ccc(C=C(CN)B2OC(C)(C)C(C)(C)O2)cc1F. The minimum Gasteiger partial charge on any atom is -0.465 e. The van der Waals surface area contributed by atoms with Crippen molar-refractivity contribution in [2.24, 2.45) is 5.73 Å². The molecule has 7 heteroatoms. The fraction of sp³-hybridized carbons (Fsp3) is 0.471. The van der Waals surface area contributed by atoms with E-state index in [0.717, 1.165) is 0 Å². The zero-order valence-electron chi connectivity index (χ0n) is 14.7. The van der Waals surface area contributed by atoms with Gasteiger partial charge in [0.05, 0.1) is 23.9 Å². The summed E-state index contributed by atoms with van der Waals surface area (Å²) < 4.78 is 30.5. The van der Waals surface area contributed by atoms with E-state index in [-0.39, 0.29) is 12.1 Å². The topological polar surface area (TPSA) is 70.8 Å². The van der Waals surface area contributed by atoms with E-state index < -0.39 is 30.1 Å². The van der Waals surface area contributed by atoms with Crippen LogP contribution >= 0.6 is 0 Å². The summed E-state index contributed by atoms with van der Waals surface area (Å²) in [4.78, 5) is 11.4. The van der Waals surface area contributed by atoms with E-state index in [0.29, 0.717) is 11.0 Å². The molecule has 2 rings (SSSR count). The van der Waals surface area contributed by atoms with Gasteiger partial charge >= 0.3 is 13.1 Å². The average molecular weight is 335 g/mol. The van der Waals surface area contributed by atoms with Gasteiger partial charge in [-0.15, -0.1) is 0 Å². The second-order valence-electron chi connectivity index (χ2n) is 6.74. The fourth-order valence-electron chi connectivity index (χ4n) is 2.33. The van der Waals surface area contributed by atoms with Crippen LogP contribution < -0.4 is 5.73 Å². The number of methoxy groups -OCH3 is 1. The smallest absolute Gasteiger partial charge is 0.465 e. The molecule has 5 nitrogen and oxygen atoms in total. The first kappa shape index (κ1) is 18.6. The number of carbonyl (C=O) groups is 1. The quantitative estimate of drug-likeness (QED) is 0.676. The van der Waals surface area contributed by atoms with Gasteiger partial charge in [-0.1, -0.05) is 12.1 Å². The van der Waals surface area contributed by atoms with Crippen LogP contribution in [-0.4, -0.2) is 37.9 Å². The highest BCUT2D eigenvalue weighted by atomic mass is 19.1. The monoisotopic (exact) mass is 335 g/mol. The van der Waals surface area contributed by atoms with Gasteiger partial charge in [-0.25, -0.2) is 9.18 Å². The van der Waals surface area contributed by atoms with E-state index in [1.54, 1.807) is 12.1 Å². The molecule has 0 saturated carbocycles. The molecule has 1 aliphatic heterocycles. The largest absolute Gasteiger partial charge is 0.491 e. The van der Waals surface area contributed by atoms with Gasteiger partial charge in [0.15, 0.2) is 0 Å². The van der Waals surface area contributed by atoms with Gasteiger partial charge in [0.25, 0.3) is 0 Å². The molecular formula is C17H23BFNO4. The first-order valence-corrected chi connectivity index (χ1v) is 7.75. The molecule has 0 bridgehead atoms. The van der Waals surface area contributed by atoms with Crippen LogP contribution in [0.15, 0.2) is 23.7 Å². The van der Waals surface area contributed by atoms with Gasteiger partial charge in [-0.2, -0.15) is 0 Å². The Bertz CT molecular complexity index is 657. The van der Waals surface area contributed by atoms with Gasteiger partial charge in [0.2, 0.25) is 0 Å². The molecule has 24 heavy (non-hydrogen) atoms.